The van der Waals surface area contributed by atoms with Crippen LogP contribution in [0.2, 0.25) is 0 Å². The molecule has 1 aliphatic carbocycles. The summed E-state index contributed by atoms with van der Waals surface area (Å²) < 4.78 is 34.5. The minimum atomic E-state index is -3.85. The predicted molar refractivity (Wildman–Crippen MR) is 116 cm³/mol. The maximum atomic E-state index is 13.4. The van der Waals surface area contributed by atoms with Gasteiger partial charge in [-0.3, -0.25) is 4.79 Å². The lowest BCUT2D eigenvalue weighted by Crippen LogP contribution is -2.50. The number of carbonyl (C=O) groups excluding carboxylic acids is 1. The fraction of sp³-hybridized carbons (Fsp3) is 0.591. The van der Waals surface area contributed by atoms with Gasteiger partial charge in [-0.2, -0.15) is 4.31 Å². The Hall–Kier alpha value is -1.90. The first-order chi connectivity index (χ1) is 14.1. The van der Waals surface area contributed by atoms with Gasteiger partial charge in [-0.1, -0.05) is 19.1 Å². The normalized spacial score (nSPS) is 24.8. The summed E-state index contributed by atoms with van der Waals surface area (Å²) in [5.41, 5.74) is 2.17. The van der Waals surface area contributed by atoms with Gasteiger partial charge in [-0.25, -0.2) is 8.42 Å². The van der Waals surface area contributed by atoms with Gasteiger partial charge in [0.2, 0.25) is 15.9 Å². The van der Waals surface area contributed by atoms with E-state index in [-0.39, 0.29) is 36.0 Å². The molecule has 3 rings (SSSR count). The van der Waals surface area contributed by atoms with Crippen LogP contribution in [-0.4, -0.2) is 67.5 Å². The number of amides is 1. The molecule has 1 aromatic carbocycles. The fourth-order valence-corrected chi connectivity index (χ4v) is 5.80. The van der Waals surface area contributed by atoms with Crippen molar-refractivity contribution in [1.29, 1.82) is 0 Å². The maximum absolute atomic E-state index is 13.4. The number of allylic oxidation sites excluding steroid dienone is 2. The molecule has 1 heterocycles. The monoisotopic (exact) mass is 436 g/mol. The van der Waals surface area contributed by atoms with E-state index in [4.69, 9.17) is 4.74 Å². The quantitative estimate of drug-likeness (QED) is 0.766. The second kappa shape index (κ2) is 9.08. The van der Waals surface area contributed by atoms with Gasteiger partial charge in [0.05, 0.1) is 13.2 Å². The van der Waals surface area contributed by atoms with Crippen molar-refractivity contribution < 1.29 is 23.1 Å². The van der Waals surface area contributed by atoms with Gasteiger partial charge in [0.25, 0.3) is 0 Å². The largest absolute Gasteiger partial charge is 0.487 e. The molecule has 7 nitrogen and oxygen atoms in total. The summed E-state index contributed by atoms with van der Waals surface area (Å²) >= 11 is 0. The lowest BCUT2D eigenvalue weighted by molar-refractivity contribution is -0.129. The highest BCUT2D eigenvalue weighted by Gasteiger charge is 2.38. The van der Waals surface area contributed by atoms with Crippen molar-refractivity contribution in [3.05, 3.63) is 29.8 Å². The van der Waals surface area contributed by atoms with Crippen LogP contribution in [0.25, 0.3) is 5.57 Å². The highest BCUT2D eigenvalue weighted by atomic mass is 32.2. The van der Waals surface area contributed by atoms with Crippen LogP contribution >= 0.6 is 0 Å². The molecule has 0 saturated carbocycles. The number of nitrogens with zero attached hydrogens (tertiary/aromatic N) is 2. The number of aliphatic hydroxyl groups excluding tert-OH is 1. The van der Waals surface area contributed by atoms with Crippen LogP contribution in [0.15, 0.2) is 29.2 Å². The van der Waals surface area contributed by atoms with Crippen molar-refractivity contribution in [2.75, 3.05) is 26.7 Å². The van der Waals surface area contributed by atoms with Gasteiger partial charge in [-0.05, 0) is 49.5 Å². The van der Waals surface area contributed by atoms with Crippen LogP contribution in [0.4, 0.5) is 0 Å². The number of ether oxygens (including phenoxy) is 1. The number of aliphatic hydroxyl groups is 1. The average molecular weight is 437 g/mol. The molecule has 2 aliphatic rings. The molecule has 0 spiro atoms. The van der Waals surface area contributed by atoms with E-state index in [2.05, 4.69) is 6.08 Å². The summed E-state index contributed by atoms with van der Waals surface area (Å²) in [4.78, 5) is 13.5. The van der Waals surface area contributed by atoms with Gasteiger partial charge in [0.1, 0.15) is 16.7 Å². The average Bonchev–Trinajstić information content (AvgIpc) is 3.24. The minimum Gasteiger partial charge on any atom is -0.487 e. The van der Waals surface area contributed by atoms with Crippen LogP contribution in [-0.2, 0) is 14.8 Å². The molecular formula is C22H32N2O5S. The van der Waals surface area contributed by atoms with E-state index >= 15 is 0 Å². The van der Waals surface area contributed by atoms with Crippen LogP contribution < -0.4 is 4.74 Å². The number of likely N-dealkylation sites (N-methyl/N-ethyl adjacent to an activating group) is 1. The van der Waals surface area contributed by atoms with E-state index in [1.54, 1.807) is 24.9 Å². The predicted octanol–water partition coefficient (Wildman–Crippen LogP) is 2.50. The number of fused-ring (bicyclic) bond motifs is 1. The Labute approximate surface area is 179 Å². The van der Waals surface area contributed by atoms with E-state index in [0.717, 1.165) is 24.8 Å². The fourth-order valence-electron chi connectivity index (χ4n) is 3.97. The van der Waals surface area contributed by atoms with Crippen molar-refractivity contribution in [1.82, 2.24) is 9.21 Å². The third kappa shape index (κ3) is 4.55. The van der Waals surface area contributed by atoms with Crippen molar-refractivity contribution in [3.63, 3.8) is 0 Å². The molecule has 1 N–H and O–H groups in total. The molecule has 1 amide bonds. The molecule has 0 radical (unpaired) electrons. The highest BCUT2D eigenvalue weighted by Crippen LogP contribution is 2.37. The van der Waals surface area contributed by atoms with Crippen LogP contribution in [0.1, 0.15) is 45.6 Å². The third-order valence-corrected chi connectivity index (χ3v) is 8.09. The molecule has 0 saturated heterocycles. The number of benzene rings is 1. The number of hydrogen-bond acceptors (Lipinski definition) is 5. The van der Waals surface area contributed by atoms with Crippen LogP contribution in [0.3, 0.4) is 0 Å². The van der Waals surface area contributed by atoms with Gasteiger partial charge in [0.15, 0.2) is 0 Å². The minimum absolute atomic E-state index is 0.0776. The molecule has 0 aromatic heterocycles. The first kappa shape index (κ1) is 22.8. The molecular weight excluding hydrogens is 404 g/mol. The highest BCUT2D eigenvalue weighted by molar-refractivity contribution is 7.89. The Bertz CT molecular complexity index is 927. The summed E-state index contributed by atoms with van der Waals surface area (Å²) in [6.45, 7) is 5.39. The topological polar surface area (TPSA) is 87.2 Å². The lowest BCUT2D eigenvalue weighted by atomic mass is 10.0. The van der Waals surface area contributed by atoms with Gasteiger partial charge in [-0.15, -0.1) is 0 Å². The number of carbonyl (C=O) groups is 1. The summed E-state index contributed by atoms with van der Waals surface area (Å²) in [6, 6.07) is 4.69. The molecule has 166 valence electrons. The van der Waals surface area contributed by atoms with Crippen LogP contribution in [0.5, 0.6) is 5.75 Å². The van der Waals surface area contributed by atoms with E-state index in [1.807, 2.05) is 19.1 Å². The first-order valence-corrected chi connectivity index (χ1v) is 11.9. The number of rotatable bonds is 5. The zero-order valence-corrected chi connectivity index (χ0v) is 19.0. The van der Waals surface area contributed by atoms with Gasteiger partial charge < -0.3 is 14.7 Å². The second-order valence-corrected chi connectivity index (χ2v) is 10.3. The Morgan fingerprint density at radius 2 is 2.13 bits per heavy atom. The summed E-state index contributed by atoms with van der Waals surface area (Å²) in [5.74, 6) is 0.0492. The smallest absolute Gasteiger partial charge is 0.247 e. The number of hydrogen-bond donors (Lipinski definition) is 1. The molecule has 0 unspecified atom stereocenters. The van der Waals surface area contributed by atoms with E-state index in [0.29, 0.717) is 12.3 Å². The van der Waals surface area contributed by atoms with E-state index in [9.17, 15) is 18.3 Å². The first-order valence-electron chi connectivity index (χ1n) is 10.5. The number of sulfonamides is 1. The van der Waals surface area contributed by atoms with Crippen LogP contribution in [0, 0.1) is 5.92 Å². The molecule has 1 aliphatic heterocycles. The van der Waals surface area contributed by atoms with Crippen molar-refractivity contribution in [2.24, 2.45) is 5.92 Å². The van der Waals surface area contributed by atoms with Crippen molar-refractivity contribution in [3.8, 4) is 5.75 Å². The molecule has 3 atom stereocenters. The summed E-state index contributed by atoms with van der Waals surface area (Å²) in [7, 11) is -2.14. The van der Waals surface area contributed by atoms with E-state index < -0.39 is 16.1 Å². The molecule has 0 bridgehead atoms. The maximum Gasteiger partial charge on any atom is 0.247 e. The Balaban J connectivity index is 2.09. The molecule has 8 heteroatoms. The Kier molecular flexibility index (Phi) is 6.89. The van der Waals surface area contributed by atoms with Gasteiger partial charge >= 0.3 is 0 Å². The lowest BCUT2D eigenvalue weighted by Gasteiger charge is -2.37. The summed E-state index contributed by atoms with van der Waals surface area (Å²) in [6.07, 6.45) is 4.89. The summed E-state index contributed by atoms with van der Waals surface area (Å²) in [5, 5.41) is 9.69. The Morgan fingerprint density at radius 3 is 2.73 bits per heavy atom. The zero-order chi connectivity index (χ0) is 22.1. The molecule has 0 fully saturated rings. The van der Waals surface area contributed by atoms with Gasteiger partial charge in [0, 0.05) is 32.5 Å². The third-order valence-electron chi connectivity index (χ3n) is 6.07. The zero-order valence-electron chi connectivity index (χ0n) is 18.2. The van der Waals surface area contributed by atoms with Crippen molar-refractivity contribution in [2.45, 2.75) is 57.1 Å². The SMILES string of the molecule is CC(=O)N(C)C[C@@H]1Oc2cc(C3=CCCC3)ccc2S(=O)(=O)N([C@@H](C)CO)C[C@@H]1C. The second-order valence-electron chi connectivity index (χ2n) is 8.42. The Morgan fingerprint density at radius 1 is 1.40 bits per heavy atom. The molecule has 30 heavy (non-hydrogen) atoms. The standard InChI is InChI=1S/C22H32N2O5S/c1-15-12-24(16(2)14-25)30(27,28)22-10-9-19(18-7-5-6-8-18)11-20(22)29-21(15)13-23(4)17(3)26/h7,9-11,15-16,21,25H,5-6,8,12-14H2,1-4H3/t15-,16-,21-/m0/s1. The van der Waals surface area contributed by atoms with E-state index in [1.165, 1.54) is 16.8 Å². The molecule has 1 aromatic rings. The van der Waals surface area contributed by atoms with Crippen molar-refractivity contribution >= 4 is 21.5 Å².